The molecule has 0 aliphatic rings. The van der Waals surface area contributed by atoms with Crippen molar-refractivity contribution in [3.05, 3.63) is 0 Å². The molecule has 2 heteroatoms. The molecule has 0 nitrogen and oxygen atoms in total. The molecule has 0 N–H and O–H groups in total. The van der Waals surface area contributed by atoms with Gasteiger partial charge in [0, 0.05) is 0 Å². The van der Waals surface area contributed by atoms with Gasteiger partial charge in [-0.3, -0.25) is 0 Å². The monoisotopic (exact) mass is 222 g/mol. The Labute approximate surface area is 89.0 Å². The fourth-order valence-corrected chi connectivity index (χ4v) is 9.59. The Morgan fingerprint density at radius 2 is 1.31 bits per heavy atom. The molecule has 2 atom stereocenters. The summed E-state index contributed by atoms with van der Waals surface area (Å²) in [5.41, 5.74) is 0. The molecule has 0 aliphatic carbocycles. The Hall–Kier alpha value is 0.700. The van der Waals surface area contributed by atoms with E-state index in [1.807, 2.05) is 0 Å². The summed E-state index contributed by atoms with van der Waals surface area (Å²) < 4.78 is 0. The van der Waals surface area contributed by atoms with Gasteiger partial charge in [-0.2, -0.15) is 18.9 Å². The fraction of sp³-hybridized carbons (Fsp3) is 1.00. The highest BCUT2D eigenvalue weighted by molar-refractivity contribution is 8.44. The van der Waals surface area contributed by atoms with Crippen molar-refractivity contribution in [3.63, 3.8) is 0 Å². The molecule has 0 aromatic heterocycles. The second-order valence-electron chi connectivity index (χ2n) is 3.85. The highest BCUT2D eigenvalue weighted by atomic mass is 32.9. The van der Waals surface area contributed by atoms with E-state index in [1.165, 1.54) is 17.9 Å². The maximum absolute atomic E-state index is 2.40. The van der Waals surface area contributed by atoms with Gasteiger partial charge in [0.25, 0.3) is 0 Å². The summed E-state index contributed by atoms with van der Waals surface area (Å²) in [5, 5.41) is 1.79. The van der Waals surface area contributed by atoms with E-state index in [-0.39, 0.29) is 0 Å². The SMILES string of the molecule is CCC/S(C(C)C)=S(/CC)C(C)C. The summed E-state index contributed by atoms with van der Waals surface area (Å²) in [5.74, 6) is 2.84. The molecule has 0 radical (unpaired) electrons. The molecule has 0 saturated carbocycles. The summed E-state index contributed by atoms with van der Waals surface area (Å²) in [4.78, 5) is 0. The molecule has 0 saturated heterocycles. The van der Waals surface area contributed by atoms with Gasteiger partial charge in [0.05, 0.1) is 0 Å². The third-order valence-corrected chi connectivity index (χ3v) is 11.2. The highest BCUT2D eigenvalue weighted by Gasteiger charge is 2.08. The molecule has 82 valence electrons. The molecule has 0 aromatic carbocycles. The van der Waals surface area contributed by atoms with Gasteiger partial charge in [0.1, 0.15) is 0 Å². The van der Waals surface area contributed by atoms with Crippen molar-refractivity contribution in [1.29, 1.82) is 0 Å². The third kappa shape index (κ3) is 4.64. The lowest BCUT2D eigenvalue weighted by Gasteiger charge is -2.22. The molecule has 0 bridgehead atoms. The summed E-state index contributed by atoms with van der Waals surface area (Å²) >= 11 is 0. The molecule has 0 spiro atoms. The first-order valence-electron chi connectivity index (χ1n) is 5.44. The van der Waals surface area contributed by atoms with Crippen molar-refractivity contribution in [1.82, 2.24) is 0 Å². The van der Waals surface area contributed by atoms with Crippen LogP contribution < -0.4 is 0 Å². The number of hydrogen-bond donors (Lipinski definition) is 0. The Bertz CT molecular complexity index is 169. The molecular formula is C11H26S2. The molecule has 0 amide bonds. The summed E-state index contributed by atoms with van der Waals surface area (Å²) in [6.07, 6.45) is 1.36. The zero-order valence-corrected chi connectivity index (χ0v) is 11.7. The zero-order valence-electron chi connectivity index (χ0n) is 10.1. The normalized spacial score (nSPS) is 16.6. The van der Waals surface area contributed by atoms with Crippen molar-refractivity contribution in [2.45, 2.75) is 58.5 Å². The Kier molecular flexibility index (Phi) is 7.43. The Morgan fingerprint density at radius 1 is 0.846 bits per heavy atom. The Morgan fingerprint density at radius 3 is 1.54 bits per heavy atom. The van der Waals surface area contributed by atoms with Crippen LogP contribution in [0.25, 0.3) is 0 Å². The second kappa shape index (κ2) is 7.05. The average molecular weight is 222 g/mol. The maximum atomic E-state index is 2.40. The van der Waals surface area contributed by atoms with Crippen LogP contribution >= 0.6 is 0 Å². The van der Waals surface area contributed by atoms with Crippen LogP contribution in [0.2, 0.25) is 0 Å². The van der Waals surface area contributed by atoms with Crippen molar-refractivity contribution in [3.8, 4) is 0 Å². The quantitative estimate of drug-likeness (QED) is 0.669. The van der Waals surface area contributed by atoms with Crippen LogP contribution in [0.4, 0.5) is 0 Å². The first kappa shape index (κ1) is 13.7. The Balaban J connectivity index is 4.77. The smallest absolute Gasteiger partial charge is 0.000969 e. The van der Waals surface area contributed by atoms with Crippen molar-refractivity contribution >= 4 is 18.9 Å². The van der Waals surface area contributed by atoms with E-state index in [2.05, 4.69) is 41.5 Å². The third-order valence-electron chi connectivity index (χ3n) is 2.02. The summed E-state index contributed by atoms with van der Waals surface area (Å²) in [6, 6.07) is 0. The van der Waals surface area contributed by atoms with E-state index in [9.17, 15) is 0 Å². The van der Waals surface area contributed by atoms with Gasteiger partial charge in [-0.15, -0.1) is 0 Å². The largest absolute Gasteiger partial charge is 0.159 e. The van der Waals surface area contributed by atoms with E-state index in [0.29, 0.717) is 18.9 Å². The molecule has 0 aliphatic heterocycles. The summed E-state index contributed by atoms with van der Waals surface area (Å²) in [7, 11) is 1.36. The van der Waals surface area contributed by atoms with Crippen LogP contribution in [0.3, 0.4) is 0 Å². The van der Waals surface area contributed by atoms with Crippen LogP contribution in [0.1, 0.15) is 48.0 Å². The van der Waals surface area contributed by atoms with E-state index < -0.39 is 0 Å². The van der Waals surface area contributed by atoms with Crippen LogP contribution in [0, 0.1) is 0 Å². The highest BCUT2D eigenvalue weighted by Crippen LogP contribution is 2.10. The topological polar surface area (TPSA) is 0 Å². The predicted molar refractivity (Wildman–Crippen MR) is 70.7 cm³/mol. The zero-order chi connectivity index (χ0) is 10.4. The first-order valence-corrected chi connectivity index (χ1v) is 8.87. The number of rotatable bonds is 5. The lowest BCUT2D eigenvalue weighted by atomic mass is 10.6. The van der Waals surface area contributed by atoms with E-state index in [1.54, 1.807) is 0 Å². The minimum Gasteiger partial charge on any atom is -0.159 e. The van der Waals surface area contributed by atoms with Crippen LogP contribution in [-0.4, -0.2) is 22.0 Å². The average Bonchev–Trinajstić information content (AvgIpc) is 2.03. The van der Waals surface area contributed by atoms with E-state index in [0.717, 1.165) is 10.5 Å². The molecule has 0 aromatic rings. The van der Waals surface area contributed by atoms with Gasteiger partial charge in [-0.05, 0) is 28.4 Å². The van der Waals surface area contributed by atoms with Gasteiger partial charge in [-0.1, -0.05) is 41.5 Å². The lowest BCUT2D eigenvalue weighted by molar-refractivity contribution is 1.06. The predicted octanol–water partition coefficient (Wildman–Crippen LogP) is 3.38. The van der Waals surface area contributed by atoms with Crippen molar-refractivity contribution < 1.29 is 0 Å². The van der Waals surface area contributed by atoms with E-state index >= 15 is 0 Å². The van der Waals surface area contributed by atoms with E-state index in [4.69, 9.17) is 0 Å². The molecule has 0 heterocycles. The van der Waals surface area contributed by atoms with Crippen LogP contribution in [0.15, 0.2) is 0 Å². The fourth-order valence-electron chi connectivity index (χ4n) is 1.52. The molecule has 0 rings (SSSR count). The molecule has 13 heavy (non-hydrogen) atoms. The standard InChI is InChI=1S/C11H26S2/c1-7-9-13(11(5)6)12(8-2)10(3)4/h10-11H,7-9H2,1-6H3. The van der Waals surface area contributed by atoms with Crippen LogP contribution in [0.5, 0.6) is 0 Å². The van der Waals surface area contributed by atoms with Crippen molar-refractivity contribution in [2.75, 3.05) is 11.5 Å². The first-order chi connectivity index (χ1) is 6.04. The van der Waals surface area contributed by atoms with Gasteiger partial charge < -0.3 is 0 Å². The second-order valence-corrected chi connectivity index (χ2v) is 10.8. The van der Waals surface area contributed by atoms with Gasteiger partial charge >= 0.3 is 0 Å². The van der Waals surface area contributed by atoms with Gasteiger partial charge in [0.2, 0.25) is 0 Å². The minimum atomic E-state index is 0.677. The van der Waals surface area contributed by atoms with Crippen molar-refractivity contribution in [2.24, 2.45) is 0 Å². The number of hydrogen-bond acceptors (Lipinski definition) is 0. The van der Waals surface area contributed by atoms with Gasteiger partial charge in [0.15, 0.2) is 0 Å². The van der Waals surface area contributed by atoms with Crippen LogP contribution in [-0.2, 0) is 18.9 Å². The lowest BCUT2D eigenvalue weighted by Crippen LogP contribution is -2.22. The molecule has 2 unspecified atom stereocenters. The summed E-state index contributed by atoms with van der Waals surface area (Å²) in [6.45, 7) is 14.3. The molecule has 0 fully saturated rings. The maximum Gasteiger partial charge on any atom is -0.000969 e. The minimum absolute atomic E-state index is 0.677. The van der Waals surface area contributed by atoms with Gasteiger partial charge in [-0.25, -0.2) is 0 Å². The molecular weight excluding hydrogens is 196 g/mol.